The smallest absolute Gasteiger partial charge is 0.161 e. The average Bonchev–Trinajstić information content (AvgIpc) is 2.44. The summed E-state index contributed by atoms with van der Waals surface area (Å²) in [5.41, 5.74) is 10.5. The summed E-state index contributed by atoms with van der Waals surface area (Å²) in [6, 6.07) is 8.51. The summed E-state index contributed by atoms with van der Waals surface area (Å²) in [6.07, 6.45) is 3.58. The Hall–Kier alpha value is -1.90. The molecule has 2 rings (SSSR count). The molecule has 2 N–H and O–H groups in total. The van der Waals surface area contributed by atoms with Crippen LogP contribution in [0.25, 0.3) is 11.4 Å². The highest BCUT2D eigenvalue weighted by atomic mass is 15.0. The lowest BCUT2D eigenvalue weighted by Crippen LogP contribution is -2.06. The Bertz CT molecular complexity index is 577. The number of rotatable bonds is 5. The van der Waals surface area contributed by atoms with Crippen molar-refractivity contribution >= 4 is 5.82 Å². The Balaban J connectivity index is 2.30. The summed E-state index contributed by atoms with van der Waals surface area (Å²) in [4.78, 5) is 9.11. The fourth-order valence-electron chi connectivity index (χ4n) is 2.65. The van der Waals surface area contributed by atoms with Gasteiger partial charge in [0.2, 0.25) is 0 Å². The molecule has 3 heteroatoms. The zero-order valence-corrected chi connectivity index (χ0v) is 13.5. The van der Waals surface area contributed by atoms with Gasteiger partial charge >= 0.3 is 0 Å². The lowest BCUT2D eigenvalue weighted by atomic mass is 10.0. The van der Waals surface area contributed by atoms with Crippen LogP contribution >= 0.6 is 0 Å². The third-order valence-electron chi connectivity index (χ3n) is 3.77. The van der Waals surface area contributed by atoms with Gasteiger partial charge in [-0.2, -0.15) is 0 Å². The number of benzene rings is 1. The van der Waals surface area contributed by atoms with Gasteiger partial charge in [0.1, 0.15) is 5.82 Å². The average molecular weight is 283 g/mol. The van der Waals surface area contributed by atoms with Gasteiger partial charge in [-0.1, -0.05) is 51.5 Å². The van der Waals surface area contributed by atoms with E-state index in [-0.39, 0.29) is 0 Å². The fourth-order valence-corrected chi connectivity index (χ4v) is 2.65. The third-order valence-corrected chi connectivity index (χ3v) is 3.77. The monoisotopic (exact) mass is 283 g/mol. The maximum absolute atomic E-state index is 6.10. The van der Waals surface area contributed by atoms with Crippen molar-refractivity contribution in [1.82, 2.24) is 9.97 Å². The number of nitrogens with zero attached hydrogens (tertiary/aromatic N) is 2. The van der Waals surface area contributed by atoms with Crippen molar-refractivity contribution in [3.63, 3.8) is 0 Å². The number of aromatic nitrogens is 2. The SMILES string of the molecule is CCCCc1ccc(-c2nc(C)c(C(C)C)c(N)n2)cc1. The molecule has 2 aromatic rings. The second-order valence-electron chi connectivity index (χ2n) is 5.89. The molecule has 0 radical (unpaired) electrons. The zero-order chi connectivity index (χ0) is 15.4. The molecule has 0 unspecified atom stereocenters. The molecular formula is C18H25N3. The molecular weight excluding hydrogens is 258 g/mol. The number of aryl methyl sites for hydroxylation is 2. The number of hydrogen-bond acceptors (Lipinski definition) is 3. The van der Waals surface area contributed by atoms with Crippen LogP contribution in [0.3, 0.4) is 0 Å². The molecule has 0 aliphatic carbocycles. The minimum absolute atomic E-state index is 0.343. The summed E-state index contributed by atoms with van der Waals surface area (Å²) in [7, 11) is 0. The number of anilines is 1. The molecule has 0 saturated carbocycles. The van der Waals surface area contributed by atoms with E-state index >= 15 is 0 Å². The molecule has 0 spiro atoms. The normalized spacial score (nSPS) is 11.1. The van der Waals surface area contributed by atoms with Crippen LogP contribution in [0.4, 0.5) is 5.82 Å². The van der Waals surface area contributed by atoms with E-state index in [1.807, 2.05) is 6.92 Å². The Morgan fingerprint density at radius 1 is 1.10 bits per heavy atom. The van der Waals surface area contributed by atoms with E-state index in [0.717, 1.165) is 29.1 Å². The third kappa shape index (κ3) is 3.60. The fraction of sp³-hybridized carbons (Fsp3) is 0.444. The van der Waals surface area contributed by atoms with Crippen LogP contribution in [0.15, 0.2) is 24.3 Å². The minimum atomic E-state index is 0.343. The molecule has 0 bridgehead atoms. The predicted octanol–water partition coefficient (Wildman–Crippen LogP) is 4.50. The van der Waals surface area contributed by atoms with Gasteiger partial charge in [0.15, 0.2) is 5.82 Å². The quantitative estimate of drug-likeness (QED) is 0.879. The van der Waals surface area contributed by atoms with Crippen LogP contribution < -0.4 is 5.73 Å². The molecule has 0 aliphatic rings. The highest BCUT2D eigenvalue weighted by Gasteiger charge is 2.13. The van der Waals surface area contributed by atoms with E-state index < -0.39 is 0 Å². The molecule has 3 nitrogen and oxygen atoms in total. The van der Waals surface area contributed by atoms with Crippen molar-refractivity contribution in [3.05, 3.63) is 41.1 Å². The highest BCUT2D eigenvalue weighted by Crippen LogP contribution is 2.26. The number of nitrogens with two attached hydrogens (primary N) is 1. The first-order valence-electron chi connectivity index (χ1n) is 7.76. The molecule has 1 aromatic carbocycles. The van der Waals surface area contributed by atoms with Gasteiger partial charge in [-0.3, -0.25) is 0 Å². The van der Waals surface area contributed by atoms with Crippen LogP contribution in [0.2, 0.25) is 0 Å². The van der Waals surface area contributed by atoms with Gasteiger partial charge in [0.05, 0.1) is 0 Å². The van der Waals surface area contributed by atoms with Crippen LogP contribution in [0, 0.1) is 6.92 Å². The molecule has 1 aromatic heterocycles. The summed E-state index contributed by atoms with van der Waals surface area (Å²) >= 11 is 0. The van der Waals surface area contributed by atoms with Crippen molar-refractivity contribution in [1.29, 1.82) is 0 Å². The van der Waals surface area contributed by atoms with Gasteiger partial charge in [-0.25, -0.2) is 9.97 Å². The van der Waals surface area contributed by atoms with E-state index in [0.29, 0.717) is 11.7 Å². The Morgan fingerprint density at radius 3 is 2.29 bits per heavy atom. The number of hydrogen-bond donors (Lipinski definition) is 1. The van der Waals surface area contributed by atoms with Crippen LogP contribution in [-0.4, -0.2) is 9.97 Å². The lowest BCUT2D eigenvalue weighted by molar-refractivity contribution is 0.795. The van der Waals surface area contributed by atoms with Gasteiger partial charge in [-0.05, 0) is 31.2 Å². The molecule has 0 aliphatic heterocycles. The largest absolute Gasteiger partial charge is 0.383 e. The maximum Gasteiger partial charge on any atom is 0.161 e. The second-order valence-corrected chi connectivity index (χ2v) is 5.89. The van der Waals surface area contributed by atoms with Crippen molar-refractivity contribution in [2.24, 2.45) is 0 Å². The molecule has 0 fully saturated rings. The number of unbranched alkanes of at least 4 members (excludes halogenated alkanes) is 1. The van der Waals surface area contributed by atoms with Crippen molar-refractivity contribution in [2.45, 2.75) is 52.9 Å². The summed E-state index contributed by atoms with van der Waals surface area (Å²) < 4.78 is 0. The topological polar surface area (TPSA) is 51.8 Å². The van der Waals surface area contributed by atoms with Gasteiger partial charge in [0.25, 0.3) is 0 Å². The van der Waals surface area contributed by atoms with Gasteiger partial charge < -0.3 is 5.73 Å². The molecule has 0 saturated heterocycles. The highest BCUT2D eigenvalue weighted by molar-refractivity contribution is 5.59. The van der Waals surface area contributed by atoms with E-state index in [1.165, 1.54) is 18.4 Å². The Labute approximate surface area is 127 Å². The van der Waals surface area contributed by atoms with E-state index in [1.54, 1.807) is 0 Å². The summed E-state index contributed by atoms with van der Waals surface area (Å²) in [5.74, 6) is 1.66. The van der Waals surface area contributed by atoms with Crippen LogP contribution in [0.5, 0.6) is 0 Å². The first-order valence-corrected chi connectivity index (χ1v) is 7.76. The van der Waals surface area contributed by atoms with E-state index in [9.17, 15) is 0 Å². The number of nitrogen functional groups attached to an aromatic ring is 1. The Morgan fingerprint density at radius 2 is 1.76 bits per heavy atom. The molecule has 21 heavy (non-hydrogen) atoms. The van der Waals surface area contributed by atoms with Crippen molar-refractivity contribution in [2.75, 3.05) is 5.73 Å². The summed E-state index contributed by atoms with van der Waals surface area (Å²) in [6.45, 7) is 8.45. The van der Waals surface area contributed by atoms with Gasteiger partial charge in [0, 0.05) is 16.8 Å². The van der Waals surface area contributed by atoms with E-state index in [2.05, 4.69) is 55.0 Å². The Kier molecular flexibility index (Phi) is 4.94. The molecule has 0 amide bonds. The van der Waals surface area contributed by atoms with Crippen LogP contribution in [-0.2, 0) is 6.42 Å². The minimum Gasteiger partial charge on any atom is -0.383 e. The van der Waals surface area contributed by atoms with Crippen LogP contribution in [0.1, 0.15) is 56.4 Å². The molecule has 1 heterocycles. The first-order chi connectivity index (χ1) is 10.0. The second kappa shape index (κ2) is 6.70. The van der Waals surface area contributed by atoms with Gasteiger partial charge in [-0.15, -0.1) is 0 Å². The summed E-state index contributed by atoms with van der Waals surface area (Å²) in [5, 5.41) is 0. The molecule has 112 valence electrons. The maximum atomic E-state index is 6.10. The van der Waals surface area contributed by atoms with E-state index in [4.69, 9.17) is 5.73 Å². The lowest BCUT2D eigenvalue weighted by Gasteiger charge is -2.13. The zero-order valence-electron chi connectivity index (χ0n) is 13.5. The molecule has 0 atom stereocenters. The van der Waals surface area contributed by atoms with Crippen molar-refractivity contribution < 1.29 is 0 Å². The standard InChI is InChI=1S/C18H25N3/c1-5-6-7-14-8-10-15(11-9-14)18-20-13(4)16(12(2)3)17(19)21-18/h8-12H,5-7H2,1-4H3,(H2,19,20,21). The first kappa shape index (κ1) is 15.5. The van der Waals surface area contributed by atoms with Crippen molar-refractivity contribution in [3.8, 4) is 11.4 Å². The predicted molar refractivity (Wildman–Crippen MR) is 89.3 cm³/mol.